The molecule has 3 N–H and O–H groups in total. The van der Waals surface area contributed by atoms with Crippen molar-refractivity contribution in [2.24, 2.45) is 0 Å². The molecule has 16 heavy (non-hydrogen) atoms. The van der Waals surface area contributed by atoms with Gasteiger partial charge in [-0.2, -0.15) is 0 Å². The molecule has 0 aliphatic rings. The molecule has 0 aliphatic heterocycles. The fraction of sp³-hybridized carbons (Fsp3) is 0. The maximum absolute atomic E-state index is 12.7. The van der Waals surface area contributed by atoms with Gasteiger partial charge in [-0.15, -0.1) is 12.4 Å². The van der Waals surface area contributed by atoms with Crippen molar-refractivity contribution >= 4 is 18.1 Å². The van der Waals surface area contributed by atoms with Crippen molar-refractivity contribution in [1.82, 2.24) is 0 Å². The van der Waals surface area contributed by atoms with Crippen LogP contribution in [0.2, 0.25) is 0 Å². The molecular formula is C12H11ClFNO. The van der Waals surface area contributed by atoms with Gasteiger partial charge < -0.3 is 10.8 Å². The van der Waals surface area contributed by atoms with E-state index < -0.39 is 0 Å². The smallest absolute Gasteiger partial charge is 0.125 e. The Kier molecular flexibility index (Phi) is 3.74. The number of aromatic hydroxyl groups is 1. The van der Waals surface area contributed by atoms with Crippen LogP contribution in [-0.2, 0) is 0 Å². The van der Waals surface area contributed by atoms with Crippen molar-refractivity contribution in [3.05, 3.63) is 48.3 Å². The summed E-state index contributed by atoms with van der Waals surface area (Å²) in [7, 11) is 0. The number of phenolic OH excluding ortho intramolecular Hbond substituents is 1. The second kappa shape index (κ2) is 4.86. The first-order chi connectivity index (χ1) is 7.16. The van der Waals surface area contributed by atoms with E-state index in [0.29, 0.717) is 11.3 Å². The van der Waals surface area contributed by atoms with Crippen molar-refractivity contribution in [3.63, 3.8) is 0 Å². The Labute approximate surface area is 98.9 Å². The molecule has 0 saturated heterocycles. The van der Waals surface area contributed by atoms with Gasteiger partial charge in [0.1, 0.15) is 11.6 Å². The van der Waals surface area contributed by atoms with E-state index in [4.69, 9.17) is 5.73 Å². The molecule has 0 aromatic heterocycles. The first-order valence-corrected chi connectivity index (χ1v) is 4.51. The quantitative estimate of drug-likeness (QED) is 0.751. The fourth-order valence-corrected chi connectivity index (χ4v) is 1.42. The summed E-state index contributed by atoms with van der Waals surface area (Å²) in [5.41, 5.74) is 7.41. The maximum Gasteiger partial charge on any atom is 0.125 e. The lowest BCUT2D eigenvalue weighted by atomic mass is 10.0. The highest BCUT2D eigenvalue weighted by Crippen LogP contribution is 2.30. The van der Waals surface area contributed by atoms with Crippen LogP contribution in [0, 0.1) is 5.82 Å². The van der Waals surface area contributed by atoms with E-state index in [1.54, 1.807) is 24.3 Å². The average Bonchev–Trinajstić information content (AvgIpc) is 2.20. The van der Waals surface area contributed by atoms with Crippen LogP contribution < -0.4 is 5.73 Å². The van der Waals surface area contributed by atoms with Crippen LogP contribution in [0.1, 0.15) is 0 Å². The molecule has 0 atom stereocenters. The number of nitrogen functional groups attached to an aromatic ring is 1. The van der Waals surface area contributed by atoms with Crippen molar-refractivity contribution in [1.29, 1.82) is 0 Å². The SMILES string of the molecule is Cl.Nc1ccc(-c2ccc(F)cc2)c(O)c1. The standard InChI is InChI=1S/C12H10FNO.ClH/c13-9-3-1-8(2-4-9)11-6-5-10(14)7-12(11)15;/h1-7,15H,14H2;1H. The van der Waals surface area contributed by atoms with E-state index in [1.165, 1.54) is 18.2 Å². The Bertz CT molecular complexity index is 485. The number of rotatable bonds is 1. The minimum Gasteiger partial charge on any atom is -0.507 e. The van der Waals surface area contributed by atoms with Gasteiger partial charge in [0.05, 0.1) is 0 Å². The number of benzene rings is 2. The molecule has 0 unspecified atom stereocenters. The summed E-state index contributed by atoms with van der Waals surface area (Å²) in [6.07, 6.45) is 0. The highest BCUT2D eigenvalue weighted by molar-refractivity contribution is 5.85. The zero-order valence-electron chi connectivity index (χ0n) is 8.35. The minimum atomic E-state index is -0.298. The molecule has 0 saturated carbocycles. The van der Waals surface area contributed by atoms with Crippen LogP contribution in [0.25, 0.3) is 11.1 Å². The summed E-state index contributed by atoms with van der Waals surface area (Å²) in [5.74, 6) is -0.199. The Hall–Kier alpha value is -1.74. The van der Waals surface area contributed by atoms with E-state index in [2.05, 4.69) is 0 Å². The molecule has 0 aliphatic carbocycles. The lowest BCUT2D eigenvalue weighted by Crippen LogP contribution is -1.85. The van der Waals surface area contributed by atoms with E-state index in [0.717, 1.165) is 5.56 Å². The van der Waals surface area contributed by atoms with Crippen LogP contribution in [-0.4, -0.2) is 5.11 Å². The van der Waals surface area contributed by atoms with Crippen LogP contribution in [0.4, 0.5) is 10.1 Å². The molecule has 84 valence electrons. The molecule has 0 heterocycles. The summed E-state index contributed by atoms with van der Waals surface area (Å²) >= 11 is 0. The predicted octanol–water partition coefficient (Wildman–Crippen LogP) is 3.20. The van der Waals surface area contributed by atoms with Gasteiger partial charge >= 0.3 is 0 Å². The molecule has 2 nitrogen and oxygen atoms in total. The molecule has 2 aromatic carbocycles. The van der Waals surface area contributed by atoms with Crippen LogP contribution in [0.3, 0.4) is 0 Å². The lowest BCUT2D eigenvalue weighted by molar-refractivity contribution is 0.477. The third-order valence-corrected chi connectivity index (χ3v) is 2.18. The summed E-state index contributed by atoms with van der Waals surface area (Å²) in [5, 5.41) is 9.64. The first kappa shape index (κ1) is 12.3. The number of hydrogen-bond acceptors (Lipinski definition) is 2. The van der Waals surface area contributed by atoms with Gasteiger partial charge in [0.15, 0.2) is 0 Å². The van der Waals surface area contributed by atoms with Gasteiger partial charge in [-0.05, 0) is 29.8 Å². The van der Waals surface area contributed by atoms with E-state index in [9.17, 15) is 9.50 Å². The lowest BCUT2D eigenvalue weighted by Gasteiger charge is -2.05. The number of phenols is 1. The molecular weight excluding hydrogens is 229 g/mol. The topological polar surface area (TPSA) is 46.2 Å². The van der Waals surface area contributed by atoms with Crippen molar-refractivity contribution in [2.75, 3.05) is 5.73 Å². The average molecular weight is 240 g/mol. The third-order valence-electron chi connectivity index (χ3n) is 2.18. The summed E-state index contributed by atoms with van der Waals surface area (Å²) < 4.78 is 12.7. The van der Waals surface area contributed by atoms with Crippen molar-refractivity contribution in [2.45, 2.75) is 0 Å². The Morgan fingerprint density at radius 1 is 1.00 bits per heavy atom. The van der Waals surface area contributed by atoms with Crippen molar-refractivity contribution in [3.8, 4) is 16.9 Å². The van der Waals surface area contributed by atoms with Crippen molar-refractivity contribution < 1.29 is 9.50 Å². The number of anilines is 1. The normalized spacial score (nSPS) is 9.56. The Morgan fingerprint density at radius 3 is 2.19 bits per heavy atom. The monoisotopic (exact) mass is 239 g/mol. The van der Waals surface area contributed by atoms with Gasteiger partial charge in [-0.25, -0.2) is 4.39 Å². The second-order valence-electron chi connectivity index (χ2n) is 3.28. The molecule has 0 spiro atoms. The highest BCUT2D eigenvalue weighted by Gasteiger charge is 2.04. The van der Waals surface area contributed by atoms with E-state index in [-0.39, 0.29) is 24.0 Å². The largest absolute Gasteiger partial charge is 0.507 e. The van der Waals surface area contributed by atoms with Crippen LogP contribution in [0.5, 0.6) is 5.75 Å². The molecule has 0 fully saturated rings. The zero-order valence-corrected chi connectivity index (χ0v) is 9.17. The fourth-order valence-electron chi connectivity index (χ4n) is 1.42. The van der Waals surface area contributed by atoms with Crippen LogP contribution >= 0.6 is 12.4 Å². The molecule has 2 aromatic rings. The molecule has 0 bridgehead atoms. The first-order valence-electron chi connectivity index (χ1n) is 4.51. The summed E-state index contributed by atoms with van der Waals surface area (Å²) in [6, 6.07) is 10.8. The number of halogens is 2. The maximum atomic E-state index is 12.7. The zero-order chi connectivity index (χ0) is 10.8. The highest BCUT2D eigenvalue weighted by atomic mass is 35.5. The van der Waals surface area contributed by atoms with E-state index >= 15 is 0 Å². The van der Waals surface area contributed by atoms with Gasteiger partial charge in [-0.3, -0.25) is 0 Å². The minimum absolute atomic E-state index is 0. The number of nitrogens with two attached hydrogens (primary N) is 1. The molecule has 2 rings (SSSR count). The second-order valence-corrected chi connectivity index (χ2v) is 3.28. The van der Waals surface area contributed by atoms with E-state index in [1.807, 2.05) is 0 Å². The summed E-state index contributed by atoms with van der Waals surface area (Å²) in [4.78, 5) is 0. The predicted molar refractivity (Wildman–Crippen MR) is 65.2 cm³/mol. The molecule has 0 radical (unpaired) electrons. The number of hydrogen-bond donors (Lipinski definition) is 2. The van der Waals surface area contributed by atoms with Crippen LogP contribution in [0.15, 0.2) is 42.5 Å². The third kappa shape index (κ3) is 2.44. The molecule has 4 heteroatoms. The van der Waals surface area contributed by atoms with Gasteiger partial charge in [0.25, 0.3) is 0 Å². The van der Waals surface area contributed by atoms with Gasteiger partial charge in [0.2, 0.25) is 0 Å². The Morgan fingerprint density at radius 2 is 1.62 bits per heavy atom. The summed E-state index contributed by atoms with van der Waals surface area (Å²) in [6.45, 7) is 0. The molecule has 0 amide bonds. The van der Waals surface area contributed by atoms with Gasteiger partial charge in [-0.1, -0.05) is 12.1 Å². The van der Waals surface area contributed by atoms with Gasteiger partial charge in [0, 0.05) is 17.3 Å². The Balaban J connectivity index is 0.00000128.